The van der Waals surface area contributed by atoms with Gasteiger partial charge in [0.25, 0.3) is 0 Å². The number of fused-ring (bicyclic) bond motifs is 1. The molecule has 26 heavy (non-hydrogen) atoms. The summed E-state index contributed by atoms with van der Waals surface area (Å²) >= 11 is 0. The molecule has 0 aliphatic rings. The van der Waals surface area contributed by atoms with Crippen LogP contribution in [-0.4, -0.2) is 39.2 Å². The Morgan fingerprint density at radius 3 is 2.77 bits per heavy atom. The molecule has 0 fully saturated rings. The van der Waals surface area contributed by atoms with Crippen molar-refractivity contribution in [1.82, 2.24) is 25.0 Å². The predicted molar refractivity (Wildman–Crippen MR) is 98.9 cm³/mol. The molecule has 0 radical (unpaired) electrons. The summed E-state index contributed by atoms with van der Waals surface area (Å²) < 4.78 is 12.4. The second-order valence-corrected chi connectivity index (χ2v) is 5.74. The third-order valence-corrected chi connectivity index (χ3v) is 4.10. The molecule has 0 aliphatic carbocycles. The van der Waals surface area contributed by atoms with E-state index in [1.54, 1.807) is 25.1 Å². The smallest absolute Gasteiger partial charge is 0.163 e. The molecule has 0 bridgehead atoms. The van der Waals surface area contributed by atoms with Crippen molar-refractivity contribution in [3.8, 4) is 22.8 Å². The van der Waals surface area contributed by atoms with Crippen LogP contribution in [0.25, 0.3) is 22.3 Å². The summed E-state index contributed by atoms with van der Waals surface area (Å²) in [5, 5.41) is 15.6. The molecule has 0 spiro atoms. The molecule has 8 nitrogen and oxygen atoms in total. The van der Waals surface area contributed by atoms with Crippen molar-refractivity contribution in [2.45, 2.75) is 0 Å². The molecular formula is C18H18N6O2. The van der Waals surface area contributed by atoms with Crippen molar-refractivity contribution < 1.29 is 9.47 Å². The highest BCUT2D eigenvalue weighted by atomic mass is 16.5. The zero-order chi connectivity index (χ0) is 18.1. The van der Waals surface area contributed by atoms with Gasteiger partial charge < -0.3 is 14.8 Å². The largest absolute Gasteiger partial charge is 0.497 e. The molecule has 3 aromatic heterocycles. The molecule has 4 aromatic rings. The molecule has 0 saturated heterocycles. The SMILES string of the molecule is COc1cccc(-c2cc(Nc3cc(OC)c4cnn(C)c4n3)n[nH]2)c1. The lowest BCUT2D eigenvalue weighted by Gasteiger charge is -2.06. The van der Waals surface area contributed by atoms with Crippen LogP contribution >= 0.6 is 0 Å². The van der Waals surface area contributed by atoms with E-state index in [0.717, 1.165) is 28.0 Å². The van der Waals surface area contributed by atoms with Gasteiger partial charge in [-0.2, -0.15) is 10.2 Å². The molecule has 0 amide bonds. The lowest BCUT2D eigenvalue weighted by molar-refractivity contribution is 0.415. The lowest BCUT2D eigenvalue weighted by Crippen LogP contribution is -1.98. The van der Waals surface area contributed by atoms with Gasteiger partial charge in [0.15, 0.2) is 11.5 Å². The number of pyridine rings is 1. The third kappa shape index (κ3) is 2.81. The third-order valence-electron chi connectivity index (χ3n) is 4.10. The van der Waals surface area contributed by atoms with Gasteiger partial charge in [-0.3, -0.25) is 9.78 Å². The Labute approximate surface area is 149 Å². The fourth-order valence-corrected chi connectivity index (χ4v) is 2.77. The number of H-pyrrole nitrogens is 1. The minimum absolute atomic E-state index is 0.627. The molecule has 2 N–H and O–H groups in total. The Morgan fingerprint density at radius 2 is 1.96 bits per heavy atom. The van der Waals surface area contributed by atoms with E-state index in [1.807, 2.05) is 43.4 Å². The van der Waals surface area contributed by atoms with Gasteiger partial charge in [0, 0.05) is 24.7 Å². The number of methoxy groups -OCH3 is 2. The second kappa shape index (κ2) is 6.40. The van der Waals surface area contributed by atoms with Crippen LogP contribution in [0.15, 0.2) is 42.6 Å². The van der Waals surface area contributed by atoms with E-state index in [2.05, 4.69) is 25.6 Å². The number of nitrogens with one attached hydrogen (secondary N) is 2. The van der Waals surface area contributed by atoms with Gasteiger partial charge in [-0.05, 0) is 12.1 Å². The van der Waals surface area contributed by atoms with Crippen molar-refractivity contribution >= 4 is 22.7 Å². The second-order valence-electron chi connectivity index (χ2n) is 5.74. The molecule has 0 saturated carbocycles. The van der Waals surface area contributed by atoms with Crippen LogP contribution in [0, 0.1) is 0 Å². The number of rotatable bonds is 5. The highest BCUT2D eigenvalue weighted by Crippen LogP contribution is 2.29. The summed E-state index contributed by atoms with van der Waals surface area (Å²) in [6.45, 7) is 0. The number of aryl methyl sites for hydroxylation is 1. The topological polar surface area (TPSA) is 89.9 Å². The molecule has 8 heteroatoms. The number of benzene rings is 1. The number of nitrogens with zero attached hydrogens (tertiary/aromatic N) is 4. The first-order valence-corrected chi connectivity index (χ1v) is 8.01. The van der Waals surface area contributed by atoms with E-state index < -0.39 is 0 Å². The fraction of sp³-hybridized carbons (Fsp3) is 0.167. The molecule has 1 aromatic carbocycles. The summed E-state index contributed by atoms with van der Waals surface area (Å²) in [6, 6.07) is 11.5. The summed E-state index contributed by atoms with van der Waals surface area (Å²) in [5.41, 5.74) is 2.59. The van der Waals surface area contributed by atoms with Crippen LogP contribution in [0.4, 0.5) is 11.6 Å². The van der Waals surface area contributed by atoms with E-state index in [9.17, 15) is 0 Å². The van der Waals surface area contributed by atoms with Gasteiger partial charge in [-0.15, -0.1) is 0 Å². The molecule has 4 rings (SSSR count). The Kier molecular flexibility index (Phi) is 3.92. The van der Waals surface area contributed by atoms with Crippen molar-refractivity contribution in [1.29, 1.82) is 0 Å². The van der Waals surface area contributed by atoms with E-state index >= 15 is 0 Å². The summed E-state index contributed by atoms with van der Waals surface area (Å²) in [5.74, 6) is 2.77. The Morgan fingerprint density at radius 1 is 1.08 bits per heavy atom. The molecule has 3 heterocycles. The Bertz CT molecular complexity index is 1070. The summed E-state index contributed by atoms with van der Waals surface area (Å²) in [4.78, 5) is 4.58. The van der Waals surface area contributed by atoms with E-state index in [-0.39, 0.29) is 0 Å². The van der Waals surface area contributed by atoms with Crippen LogP contribution in [-0.2, 0) is 7.05 Å². The van der Waals surface area contributed by atoms with Crippen molar-refractivity contribution in [3.63, 3.8) is 0 Å². The molecule has 0 aliphatic heterocycles. The maximum Gasteiger partial charge on any atom is 0.163 e. The zero-order valence-electron chi connectivity index (χ0n) is 14.6. The summed E-state index contributed by atoms with van der Waals surface area (Å²) in [7, 11) is 5.11. The van der Waals surface area contributed by atoms with E-state index in [4.69, 9.17) is 9.47 Å². The van der Waals surface area contributed by atoms with Crippen LogP contribution in [0.2, 0.25) is 0 Å². The van der Waals surface area contributed by atoms with Gasteiger partial charge in [0.1, 0.15) is 17.3 Å². The Hall–Kier alpha value is -3.55. The number of anilines is 2. The molecule has 0 unspecified atom stereocenters. The average molecular weight is 350 g/mol. The van der Waals surface area contributed by atoms with Gasteiger partial charge in [-0.25, -0.2) is 4.98 Å². The van der Waals surface area contributed by atoms with Crippen molar-refractivity contribution in [2.24, 2.45) is 7.05 Å². The lowest BCUT2D eigenvalue weighted by atomic mass is 10.1. The monoisotopic (exact) mass is 350 g/mol. The number of ether oxygens (including phenoxy) is 2. The fourth-order valence-electron chi connectivity index (χ4n) is 2.77. The van der Waals surface area contributed by atoms with Crippen LogP contribution in [0.3, 0.4) is 0 Å². The predicted octanol–water partition coefficient (Wildman–Crippen LogP) is 3.12. The van der Waals surface area contributed by atoms with Crippen molar-refractivity contribution in [3.05, 3.63) is 42.6 Å². The number of hydrogen-bond donors (Lipinski definition) is 2. The van der Waals surface area contributed by atoms with E-state index in [0.29, 0.717) is 17.4 Å². The number of aromatic amines is 1. The highest BCUT2D eigenvalue weighted by molar-refractivity contribution is 5.84. The van der Waals surface area contributed by atoms with Gasteiger partial charge >= 0.3 is 0 Å². The first-order valence-electron chi connectivity index (χ1n) is 8.01. The first-order chi connectivity index (χ1) is 12.7. The van der Waals surface area contributed by atoms with Gasteiger partial charge in [-0.1, -0.05) is 12.1 Å². The van der Waals surface area contributed by atoms with Gasteiger partial charge in [0.2, 0.25) is 0 Å². The average Bonchev–Trinajstić information content (AvgIpc) is 3.28. The zero-order valence-corrected chi connectivity index (χ0v) is 14.6. The van der Waals surface area contributed by atoms with Gasteiger partial charge in [0.05, 0.1) is 31.5 Å². The minimum Gasteiger partial charge on any atom is -0.497 e. The molecule has 132 valence electrons. The maximum atomic E-state index is 5.44. The quantitative estimate of drug-likeness (QED) is 0.575. The Balaban J connectivity index is 1.65. The van der Waals surface area contributed by atoms with E-state index in [1.165, 1.54) is 0 Å². The van der Waals surface area contributed by atoms with Crippen LogP contribution < -0.4 is 14.8 Å². The molecule has 0 atom stereocenters. The summed E-state index contributed by atoms with van der Waals surface area (Å²) in [6.07, 6.45) is 1.74. The first kappa shape index (κ1) is 15.9. The van der Waals surface area contributed by atoms with Crippen LogP contribution in [0.5, 0.6) is 11.5 Å². The normalized spacial score (nSPS) is 10.9. The number of hydrogen-bond acceptors (Lipinski definition) is 6. The van der Waals surface area contributed by atoms with Crippen LogP contribution in [0.1, 0.15) is 0 Å². The number of aromatic nitrogens is 5. The molecular weight excluding hydrogens is 332 g/mol. The minimum atomic E-state index is 0.627. The van der Waals surface area contributed by atoms with Crippen molar-refractivity contribution in [2.75, 3.05) is 19.5 Å². The maximum absolute atomic E-state index is 5.44. The highest BCUT2D eigenvalue weighted by Gasteiger charge is 2.12. The standard InChI is InChI=1S/C18H18N6O2/c1-24-18-13(10-19-24)15(26-3)9-16(21-18)20-17-8-14(22-23-17)11-5-4-6-12(7-11)25-2/h4-10H,1-3H3,(H2,20,21,22,23).